The van der Waals surface area contributed by atoms with Gasteiger partial charge >= 0.3 is 0 Å². The first kappa shape index (κ1) is 17.2. The highest BCUT2D eigenvalue weighted by Crippen LogP contribution is 2.39. The summed E-state index contributed by atoms with van der Waals surface area (Å²) in [4.78, 5) is 5.45. The van der Waals surface area contributed by atoms with Gasteiger partial charge in [-0.2, -0.15) is 0 Å². The zero-order chi connectivity index (χ0) is 15.5. The SMILES string of the molecule is CC(C)CCN(CCC(C)C)C1(CN)CCN2CCC1C2. The average Bonchev–Trinajstić information content (AvgIpc) is 2.84. The van der Waals surface area contributed by atoms with E-state index in [0.29, 0.717) is 0 Å². The largest absolute Gasteiger partial charge is 0.329 e. The van der Waals surface area contributed by atoms with Crippen molar-refractivity contribution in [3.8, 4) is 0 Å². The van der Waals surface area contributed by atoms with Gasteiger partial charge in [0.05, 0.1) is 0 Å². The standard InChI is InChI=1S/C18H37N3/c1-15(2)5-10-21(11-6-16(3)4)18(14-19)8-12-20-9-7-17(18)13-20/h15-17H,5-14,19H2,1-4H3. The first-order chi connectivity index (χ1) is 9.98. The van der Waals surface area contributed by atoms with Crippen molar-refractivity contribution in [3.05, 3.63) is 0 Å². The van der Waals surface area contributed by atoms with Crippen molar-refractivity contribution in [2.45, 2.75) is 58.9 Å². The van der Waals surface area contributed by atoms with Crippen LogP contribution in [-0.2, 0) is 0 Å². The van der Waals surface area contributed by atoms with Crippen molar-refractivity contribution >= 4 is 0 Å². The van der Waals surface area contributed by atoms with Gasteiger partial charge in [-0.15, -0.1) is 0 Å². The highest BCUT2D eigenvalue weighted by atomic mass is 15.3. The molecule has 2 rings (SSSR count). The average molecular weight is 296 g/mol. The van der Waals surface area contributed by atoms with Crippen molar-refractivity contribution in [3.63, 3.8) is 0 Å². The van der Waals surface area contributed by atoms with Crippen LogP contribution >= 0.6 is 0 Å². The summed E-state index contributed by atoms with van der Waals surface area (Å²) in [6.45, 7) is 16.5. The third-order valence-electron chi connectivity index (χ3n) is 5.83. The Labute approximate surface area is 132 Å². The van der Waals surface area contributed by atoms with Gasteiger partial charge in [0.1, 0.15) is 0 Å². The minimum atomic E-state index is 0.288. The molecule has 3 atom stereocenters. The normalized spacial score (nSPS) is 32.6. The fourth-order valence-corrected chi connectivity index (χ4v) is 4.23. The molecule has 0 saturated carbocycles. The Morgan fingerprint density at radius 3 is 2.24 bits per heavy atom. The van der Waals surface area contributed by atoms with E-state index in [9.17, 15) is 0 Å². The van der Waals surface area contributed by atoms with Crippen LogP contribution in [0.25, 0.3) is 0 Å². The van der Waals surface area contributed by atoms with Gasteiger partial charge in [0.25, 0.3) is 0 Å². The summed E-state index contributed by atoms with van der Waals surface area (Å²) >= 11 is 0. The number of hydrogen-bond acceptors (Lipinski definition) is 3. The topological polar surface area (TPSA) is 32.5 Å². The maximum atomic E-state index is 6.38. The Kier molecular flexibility index (Phi) is 6.10. The lowest BCUT2D eigenvalue weighted by atomic mass is 9.76. The van der Waals surface area contributed by atoms with Crippen LogP contribution in [0.1, 0.15) is 53.4 Å². The van der Waals surface area contributed by atoms with E-state index in [1.54, 1.807) is 0 Å². The number of nitrogens with two attached hydrogens (primary N) is 1. The first-order valence-corrected chi connectivity index (χ1v) is 9.15. The predicted octanol–water partition coefficient (Wildman–Crippen LogP) is 2.80. The zero-order valence-electron chi connectivity index (χ0n) is 14.8. The second-order valence-corrected chi connectivity index (χ2v) is 8.20. The van der Waals surface area contributed by atoms with Crippen molar-refractivity contribution < 1.29 is 0 Å². The van der Waals surface area contributed by atoms with Gasteiger partial charge in [0.2, 0.25) is 0 Å². The smallest absolute Gasteiger partial charge is 0.0384 e. The van der Waals surface area contributed by atoms with Crippen LogP contribution in [-0.4, -0.2) is 54.6 Å². The maximum Gasteiger partial charge on any atom is 0.0384 e. The molecule has 0 aromatic rings. The first-order valence-electron chi connectivity index (χ1n) is 9.15. The van der Waals surface area contributed by atoms with Crippen LogP contribution < -0.4 is 5.73 Å². The Bertz CT molecular complexity index is 304. The fraction of sp³-hybridized carbons (Fsp3) is 1.00. The molecule has 0 aromatic heterocycles. The van der Waals surface area contributed by atoms with Gasteiger partial charge in [-0.1, -0.05) is 27.7 Å². The number of piperidine rings is 1. The van der Waals surface area contributed by atoms with Crippen molar-refractivity contribution in [2.75, 3.05) is 39.3 Å². The molecule has 21 heavy (non-hydrogen) atoms. The Morgan fingerprint density at radius 2 is 1.71 bits per heavy atom. The molecule has 0 amide bonds. The molecule has 3 unspecified atom stereocenters. The molecule has 2 fully saturated rings. The molecule has 0 aliphatic carbocycles. The van der Waals surface area contributed by atoms with E-state index in [1.165, 1.54) is 58.4 Å². The van der Waals surface area contributed by atoms with E-state index < -0.39 is 0 Å². The Morgan fingerprint density at radius 1 is 1.10 bits per heavy atom. The molecule has 2 N–H and O–H groups in total. The number of nitrogens with zero attached hydrogens (tertiary/aromatic N) is 2. The summed E-state index contributed by atoms with van der Waals surface area (Å²) in [5, 5.41) is 0. The highest BCUT2D eigenvalue weighted by molar-refractivity contribution is 5.05. The lowest BCUT2D eigenvalue weighted by Crippen LogP contribution is -2.62. The number of rotatable bonds is 8. The van der Waals surface area contributed by atoms with Crippen LogP contribution in [0.3, 0.4) is 0 Å². The molecule has 2 aliphatic heterocycles. The van der Waals surface area contributed by atoms with Gasteiger partial charge < -0.3 is 10.6 Å². The van der Waals surface area contributed by atoms with Gasteiger partial charge in [0.15, 0.2) is 0 Å². The molecule has 124 valence electrons. The predicted molar refractivity (Wildman–Crippen MR) is 91.4 cm³/mol. The fourth-order valence-electron chi connectivity index (χ4n) is 4.23. The summed E-state index contributed by atoms with van der Waals surface area (Å²) in [6, 6.07) is 0. The van der Waals surface area contributed by atoms with Crippen molar-refractivity contribution in [1.29, 1.82) is 0 Å². The van der Waals surface area contributed by atoms with E-state index >= 15 is 0 Å². The Balaban J connectivity index is 2.10. The molecule has 2 aliphatic rings. The van der Waals surface area contributed by atoms with Gasteiger partial charge in [0, 0.05) is 18.6 Å². The van der Waals surface area contributed by atoms with E-state index in [0.717, 1.165) is 24.3 Å². The van der Waals surface area contributed by atoms with Crippen LogP contribution in [0, 0.1) is 17.8 Å². The third-order valence-corrected chi connectivity index (χ3v) is 5.83. The third kappa shape index (κ3) is 4.00. The minimum absolute atomic E-state index is 0.288. The molecule has 2 heterocycles. The second kappa shape index (κ2) is 7.43. The Hall–Kier alpha value is -0.120. The van der Waals surface area contributed by atoms with E-state index in [-0.39, 0.29) is 5.54 Å². The van der Waals surface area contributed by atoms with E-state index in [4.69, 9.17) is 5.73 Å². The lowest BCUT2D eigenvalue weighted by Gasteiger charge is -2.50. The second-order valence-electron chi connectivity index (χ2n) is 8.20. The number of fused-ring (bicyclic) bond motifs is 2. The van der Waals surface area contributed by atoms with Gasteiger partial charge in [-0.25, -0.2) is 0 Å². The van der Waals surface area contributed by atoms with Crippen molar-refractivity contribution in [2.24, 2.45) is 23.5 Å². The molecular weight excluding hydrogens is 258 g/mol. The van der Waals surface area contributed by atoms with Crippen LogP contribution in [0.5, 0.6) is 0 Å². The monoisotopic (exact) mass is 295 g/mol. The van der Waals surface area contributed by atoms with Crippen molar-refractivity contribution in [1.82, 2.24) is 9.80 Å². The van der Waals surface area contributed by atoms with Crippen LogP contribution in [0.15, 0.2) is 0 Å². The molecule has 3 heteroatoms. The lowest BCUT2D eigenvalue weighted by molar-refractivity contribution is 0.00205. The molecular formula is C18H37N3. The zero-order valence-corrected chi connectivity index (χ0v) is 14.8. The van der Waals surface area contributed by atoms with Gasteiger partial charge in [-0.3, -0.25) is 4.90 Å². The molecule has 0 aromatic carbocycles. The van der Waals surface area contributed by atoms with Crippen LogP contribution in [0.4, 0.5) is 0 Å². The minimum Gasteiger partial charge on any atom is -0.329 e. The van der Waals surface area contributed by atoms with E-state index in [2.05, 4.69) is 37.5 Å². The maximum absolute atomic E-state index is 6.38. The summed E-state index contributed by atoms with van der Waals surface area (Å²) in [6.07, 6.45) is 5.24. The summed E-state index contributed by atoms with van der Waals surface area (Å²) in [5.41, 5.74) is 6.66. The van der Waals surface area contributed by atoms with Gasteiger partial charge in [-0.05, 0) is 69.6 Å². The summed E-state index contributed by atoms with van der Waals surface area (Å²) in [7, 11) is 0. The van der Waals surface area contributed by atoms with Crippen LogP contribution in [0.2, 0.25) is 0 Å². The summed E-state index contributed by atoms with van der Waals surface area (Å²) < 4.78 is 0. The molecule has 2 saturated heterocycles. The molecule has 3 nitrogen and oxygen atoms in total. The summed E-state index contributed by atoms with van der Waals surface area (Å²) in [5.74, 6) is 2.37. The van der Waals surface area contributed by atoms with E-state index in [1.807, 2.05) is 0 Å². The highest BCUT2D eigenvalue weighted by Gasteiger charge is 2.48. The quantitative estimate of drug-likeness (QED) is 0.747. The molecule has 0 radical (unpaired) electrons. The molecule has 2 bridgehead atoms. The molecule has 0 spiro atoms. The number of hydrogen-bond donors (Lipinski definition) is 1.